The Morgan fingerprint density at radius 3 is 3.00 bits per heavy atom. The second kappa shape index (κ2) is 6.33. The molecular formula is C19H25N3O3. The summed E-state index contributed by atoms with van der Waals surface area (Å²) in [6.45, 7) is 3.64. The number of benzene rings is 1. The van der Waals surface area contributed by atoms with E-state index >= 15 is 0 Å². The van der Waals surface area contributed by atoms with Crippen molar-refractivity contribution in [3.8, 4) is 5.75 Å². The summed E-state index contributed by atoms with van der Waals surface area (Å²) in [5.74, 6) is 1.11. The lowest BCUT2D eigenvalue weighted by atomic mass is 9.86. The van der Waals surface area contributed by atoms with E-state index < -0.39 is 0 Å². The summed E-state index contributed by atoms with van der Waals surface area (Å²) >= 11 is 0. The van der Waals surface area contributed by atoms with E-state index in [9.17, 15) is 9.59 Å². The third kappa shape index (κ3) is 2.99. The topological polar surface area (TPSA) is 61.9 Å². The Morgan fingerprint density at radius 2 is 2.12 bits per heavy atom. The number of nitrogens with one attached hydrogen (secondary N) is 1. The van der Waals surface area contributed by atoms with Crippen LogP contribution in [0.4, 0.5) is 0 Å². The molecule has 3 aliphatic heterocycles. The van der Waals surface area contributed by atoms with Crippen LogP contribution in [-0.2, 0) is 11.2 Å². The van der Waals surface area contributed by atoms with E-state index in [1.54, 1.807) is 0 Å². The van der Waals surface area contributed by atoms with Crippen molar-refractivity contribution in [3.05, 3.63) is 29.3 Å². The van der Waals surface area contributed by atoms with Gasteiger partial charge in [0.25, 0.3) is 5.91 Å². The molecule has 6 heteroatoms. The van der Waals surface area contributed by atoms with Crippen molar-refractivity contribution >= 4 is 11.8 Å². The Kier molecular flexibility index (Phi) is 4.15. The third-order valence-corrected chi connectivity index (χ3v) is 5.95. The van der Waals surface area contributed by atoms with Gasteiger partial charge in [-0.1, -0.05) is 0 Å². The number of hydrogen-bond donors (Lipinski definition) is 1. The van der Waals surface area contributed by atoms with Crippen LogP contribution in [0.2, 0.25) is 0 Å². The molecule has 0 bridgehead atoms. The van der Waals surface area contributed by atoms with E-state index in [0.717, 1.165) is 49.2 Å². The molecule has 25 heavy (non-hydrogen) atoms. The first-order valence-electron chi connectivity index (χ1n) is 9.10. The van der Waals surface area contributed by atoms with Crippen LogP contribution >= 0.6 is 0 Å². The molecular weight excluding hydrogens is 318 g/mol. The number of ether oxygens (including phenoxy) is 1. The minimum Gasteiger partial charge on any atom is -0.493 e. The Bertz CT molecular complexity index is 705. The lowest BCUT2D eigenvalue weighted by molar-refractivity contribution is -0.121. The minimum atomic E-state index is -0.104. The number of amides is 2. The van der Waals surface area contributed by atoms with Gasteiger partial charge < -0.3 is 15.0 Å². The lowest BCUT2D eigenvalue weighted by Gasteiger charge is -2.49. The summed E-state index contributed by atoms with van der Waals surface area (Å²) in [7, 11) is 2.12. The molecule has 2 amide bonds. The largest absolute Gasteiger partial charge is 0.493 e. The summed E-state index contributed by atoms with van der Waals surface area (Å²) in [4.78, 5) is 29.1. The Balaban J connectivity index is 1.54. The maximum atomic E-state index is 13.1. The van der Waals surface area contributed by atoms with E-state index in [4.69, 9.17) is 4.74 Å². The van der Waals surface area contributed by atoms with Crippen LogP contribution in [0.5, 0.6) is 5.75 Å². The van der Waals surface area contributed by atoms with Gasteiger partial charge in [0.05, 0.1) is 6.61 Å². The van der Waals surface area contributed by atoms with Gasteiger partial charge in [0.1, 0.15) is 5.75 Å². The summed E-state index contributed by atoms with van der Waals surface area (Å²) in [5, 5.41) is 2.96. The minimum absolute atomic E-state index is 0.0886. The van der Waals surface area contributed by atoms with Crippen molar-refractivity contribution in [2.45, 2.75) is 31.2 Å². The van der Waals surface area contributed by atoms with E-state index in [1.165, 1.54) is 0 Å². The van der Waals surface area contributed by atoms with E-state index in [-0.39, 0.29) is 17.4 Å². The maximum absolute atomic E-state index is 13.1. The van der Waals surface area contributed by atoms with E-state index in [2.05, 4.69) is 17.3 Å². The van der Waals surface area contributed by atoms with E-state index in [0.29, 0.717) is 26.1 Å². The van der Waals surface area contributed by atoms with Crippen molar-refractivity contribution in [2.24, 2.45) is 0 Å². The second-order valence-corrected chi connectivity index (χ2v) is 7.39. The van der Waals surface area contributed by atoms with Crippen LogP contribution in [-0.4, -0.2) is 67.0 Å². The van der Waals surface area contributed by atoms with Gasteiger partial charge in [-0.05, 0) is 43.7 Å². The molecule has 4 rings (SSSR count). The molecule has 1 spiro atoms. The first-order valence-corrected chi connectivity index (χ1v) is 9.10. The zero-order valence-corrected chi connectivity index (χ0v) is 14.7. The summed E-state index contributed by atoms with van der Waals surface area (Å²) in [5.41, 5.74) is 1.76. The Morgan fingerprint density at radius 1 is 1.24 bits per heavy atom. The highest BCUT2D eigenvalue weighted by atomic mass is 16.5. The van der Waals surface area contributed by atoms with Gasteiger partial charge in [-0.3, -0.25) is 14.5 Å². The van der Waals surface area contributed by atoms with Gasteiger partial charge in [0.15, 0.2) is 0 Å². The third-order valence-electron chi connectivity index (χ3n) is 5.95. The first-order chi connectivity index (χ1) is 12.1. The molecule has 2 fully saturated rings. The molecule has 1 aromatic rings. The zero-order chi connectivity index (χ0) is 17.4. The molecule has 3 heterocycles. The quantitative estimate of drug-likeness (QED) is 0.828. The zero-order valence-electron chi connectivity index (χ0n) is 14.7. The molecule has 6 nitrogen and oxygen atoms in total. The molecule has 0 aliphatic carbocycles. The molecule has 3 aliphatic rings. The average Bonchev–Trinajstić information content (AvgIpc) is 3.01. The molecule has 1 unspecified atom stereocenters. The van der Waals surface area contributed by atoms with Crippen molar-refractivity contribution in [2.75, 3.05) is 39.8 Å². The molecule has 1 N–H and O–H groups in total. The average molecular weight is 343 g/mol. The summed E-state index contributed by atoms with van der Waals surface area (Å²) in [6, 6.07) is 5.76. The smallest absolute Gasteiger partial charge is 0.253 e. The van der Waals surface area contributed by atoms with Gasteiger partial charge >= 0.3 is 0 Å². The highest BCUT2D eigenvalue weighted by Gasteiger charge is 2.42. The summed E-state index contributed by atoms with van der Waals surface area (Å²) < 4.78 is 5.54. The number of piperazine rings is 1. The predicted molar refractivity (Wildman–Crippen MR) is 93.8 cm³/mol. The van der Waals surface area contributed by atoms with Crippen molar-refractivity contribution in [1.82, 2.24) is 15.1 Å². The highest BCUT2D eigenvalue weighted by molar-refractivity contribution is 5.95. The Hall–Kier alpha value is -2.08. The van der Waals surface area contributed by atoms with Gasteiger partial charge in [-0.15, -0.1) is 0 Å². The number of fused-ring (bicyclic) bond motifs is 1. The SMILES string of the molecule is CN1CCN(C(=O)c2ccc3c(c2)CCO3)CC12CCNC(=O)CC2. The number of carbonyl (C=O) groups is 2. The van der Waals surface area contributed by atoms with Gasteiger partial charge in [0, 0.05) is 50.1 Å². The fourth-order valence-electron chi connectivity index (χ4n) is 4.27. The fraction of sp³-hybridized carbons (Fsp3) is 0.579. The van der Waals surface area contributed by atoms with Crippen LogP contribution in [0.15, 0.2) is 18.2 Å². The molecule has 1 atom stereocenters. The second-order valence-electron chi connectivity index (χ2n) is 7.39. The molecule has 0 radical (unpaired) electrons. The normalized spacial score (nSPS) is 26.8. The van der Waals surface area contributed by atoms with Crippen LogP contribution in [0.25, 0.3) is 0 Å². The molecule has 0 aromatic heterocycles. The Labute approximate surface area is 148 Å². The van der Waals surface area contributed by atoms with Gasteiger partial charge in [0.2, 0.25) is 5.91 Å². The fourth-order valence-corrected chi connectivity index (χ4v) is 4.27. The monoisotopic (exact) mass is 343 g/mol. The number of nitrogens with zero attached hydrogens (tertiary/aromatic N) is 2. The van der Waals surface area contributed by atoms with Crippen LogP contribution < -0.4 is 10.1 Å². The molecule has 134 valence electrons. The van der Waals surface area contributed by atoms with Crippen LogP contribution in [0.3, 0.4) is 0 Å². The van der Waals surface area contributed by atoms with Crippen molar-refractivity contribution in [3.63, 3.8) is 0 Å². The first kappa shape index (κ1) is 16.4. The predicted octanol–water partition coefficient (Wildman–Crippen LogP) is 1.05. The number of rotatable bonds is 1. The highest BCUT2D eigenvalue weighted by Crippen LogP contribution is 2.32. The van der Waals surface area contributed by atoms with Crippen molar-refractivity contribution in [1.29, 1.82) is 0 Å². The lowest BCUT2D eigenvalue weighted by Crippen LogP contribution is -2.62. The number of likely N-dealkylation sites (N-methyl/N-ethyl adjacent to an activating group) is 1. The molecule has 2 saturated heterocycles. The molecule has 1 aromatic carbocycles. The van der Waals surface area contributed by atoms with Crippen LogP contribution in [0, 0.1) is 0 Å². The molecule has 0 saturated carbocycles. The maximum Gasteiger partial charge on any atom is 0.253 e. The number of carbonyl (C=O) groups excluding carboxylic acids is 2. The van der Waals surface area contributed by atoms with Gasteiger partial charge in [-0.2, -0.15) is 0 Å². The van der Waals surface area contributed by atoms with Crippen molar-refractivity contribution < 1.29 is 14.3 Å². The standard InChI is InChI=1S/C19H25N3O3/c1-21-9-10-22(13-19(21)6-4-17(23)20-8-7-19)18(24)15-2-3-16-14(12-15)5-11-25-16/h2-3,12H,4-11,13H2,1H3,(H,20,23). The number of hydrogen-bond acceptors (Lipinski definition) is 4. The van der Waals surface area contributed by atoms with Gasteiger partial charge in [-0.25, -0.2) is 0 Å². The summed E-state index contributed by atoms with van der Waals surface area (Å²) in [6.07, 6.45) is 3.09. The van der Waals surface area contributed by atoms with E-state index in [1.807, 2.05) is 23.1 Å². The van der Waals surface area contributed by atoms with Crippen LogP contribution in [0.1, 0.15) is 35.2 Å².